The summed E-state index contributed by atoms with van der Waals surface area (Å²) in [6.45, 7) is 0.462. The minimum Gasteiger partial charge on any atom is -0.493 e. The van der Waals surface area contributed by atoms with Gasteiger partial charge in [-0.05, 0) is 23.8 Å². The van der Waals surface area contributed by atoms with Crippen molar-refractivity contribution in [2.24, 2.45) is 0 Å². The maximum absolute atomic E-state index is 12.7. The van der Waals surface area contributed by atoms with Crippen LogP contribution in [0, 0.1) is 0 Å². The van der Waals surface area contributed by atoms with E-state index in [1.165, 1.54) is 0 Å². The summed E-state index contributed by atoms with van der Waals surface area (Å²) in [6.07, 6.45) is 1.55. The summed E-state index contributed by atoms with van der Waals surface area (Å²) in [7, 11) is 3.10. The molecule has 0 aliphatic carbocycles. The maximum Gasteiger partial charge on any atom is 0.261 e. The Balaban J connectivity index is 2.07. The highest BCUT2D eigenvalue weighted by atomic mass is 79.9. The molecule has 1 aromatic heterocycles. The Labute approximate surface area is 141 Å². The number of fused-ring (bicyclic) bond motifs is 1. The van der Waals surface area contributed by atoms with E-state index in [4.69, 9.17) is 9.47 Å². The topological polar surface area (TPSA) is 53.4 Å². The van der Waals surface area contributed by atoms with E-state index in [2.05, 4.69) is 20.9 Å². The Kier molecular flexibility index (Phi) is 4.34. The second-order valence-electron chi connectivity index (χ2n) is 5.03. The zero-order valence-corrected chi connectivity index (χ0v) is 14.3. The first-order chi connectivity index (χ1) is 11.1. The van der Waals surface area contributed by atoms with E-state index in [0.29, 0.717) is 28.9 Å². The Morgan fingerprint density at radius 2 is 1.74 bits per heavy atom. The largest absolute Gasteiger partial charge is 0.493 e. The third-order valence-corrected chi connectivity index (χ3v) is 4.12. The van der Waals surface area contributed by atoms with Crippen LogP contribution in [0.25, 0.3) is 10.9 Å². The molecule has 0 aliphatic heterocycles. The van der Waals surface area contributed by atoms with Crippen molar-refractivity contribution >= 4 is 26.8 Å². The first-order valence-electron chi connectivity index (χ1n) is 6.98. The normalized spacial score (nSPS) is 10.7. The quantitative estimate of drug-likeness (QED) is 0.703. The van der Waals surface area contributed by atoms with Gasteiger partial charge in [-0.25, -0.2) is 4.98 Å². The maximum atomic E-state index is 12.7. The van der Waals surface area contributed by atoms with Crippen LogP contribution in [-0.4, -0.2) is 23.8 Å². The number of aromatic nitrogens is 2. The molecule has 3 rings (SSSR count). The van der Waals surface area contributed by atoms with Gasteiger partial charge in [0.15, 0.2) is 11.5 Å². The fraction of sp³-hybridized carbons (Fsp3) is 0.176. The van der Waals surface area contributed by atoms with Gasteiger partial charge >= 0.3 is 0 Å². The molecule has 6 heteroatoms. The average Bonchev–Trinajstić information content (AvgIpc) is 2.58. The van der Waals surface area contributed by atoms with Crippen molar-refractivity contribution in [2.75, 3.05) is 14.2 Å². The lowest BCUT2D eigenvalue weighted by atomic mass is 10.2. The molecule has 0 atom stereocenters. The predicted octanol–water partition coefficient (Wildman–Crippen LogP) is 3.22. The highest BCUT2D eigenvalue weighted by Crippen LogP contribution is 2.29. The molecule has 0 radical (unpaired) electrons. The van der Waals surface area contributed by atoms with Gasteiger partial charge in [0, 0.05) is 10.5 Å². The number of benzene rings is 2. The summed E-state index contributed by atoms with van der Waals surface area (Å²) >= 11 is 3.40. The van der Waals surface area contributed by atoms with Crippen molar-refractivity contribution in [1.82, 2.24) is 9.55 Å². The lowest BCUT2D eigenvalue weighted by Gasteiger charge is -2.10. The standard InChI is InChI=1S/C17H15BrN2O3/c1-22-15-7-13-14(8-16(15)23-2)19-10-20(17(13)21)9-11-3-5-12(18)6-4-11/h3-8,10H,9H2,1-2H3. The molecule has 118 valence electrons. The van der Waals surface area contributed by atoms with Gasteiger partial charge in [-0.1, -0.05) is 28.1 Å². The van der Waals surface area contributed by atoms with E-state index in [-0.39, 0.29) is 5.56 Å². The Morgan fingerprint density at radius 1 is 1.09 bits per heavy atom. The van der Waals surface area contributed by atoms with Crippen LogP contribution < -0.4 is 15.0 Å². The number of halogens is 1. The molecule has 0 amide bonds. The van der Waals surface area contributed by atoms with Gasteiger partial charge in [0.2, 0.25) is 0 Å². The summed E-state index contributed by atoms with van der Waals surface area (Å²) in [4.78, 5) is 17.0. The van der Waals surface area contributed by atoms with Crippen LogP contribution in [-0.2, 0) is 6.54 Å². The van der Waals surface area contributed by atoms with Crippen molar-refractivity contribution in [3.05, 3.63) is 63.1 Å². The molecule has 0 saturated heterocycles. The monoisotopic (exact) mass is 374 g/mol. The van der Waals surface area contributed by atoms with Crippen LogP contribution in [0.3, 0.4) is 0 Å². The number of methoxy groups -OCH3 is 2. The van der Waals surface area contributed by atoms with Gasteiger partial charge in [0.1, 0.15) is 0 Å². The number of rotatable bonds is 4. The smallest absolute Gasteiger partial charge is 0.261 e. The van der Waals surface area contributed by atoms with Crippen LogP contribution in [0.5, 0.6) is 11.5 Å². The Morgan fingerprint density at radius 3 is 2.39 bits per heavy atom. The molecular weight excluding hydrogens is 360 g/mol. The molecule has 0 N–H and O–H groups in total. The van der Waals surface area contributed by atoms with Crippen LogP contribution >= 0.6 is 15.9 Å². The van der Waals surface area contributed by atoms with Crippen molar-refractivity contribution in [3.63, 3.8) is 0 Å². The van der Waals surface area contributed by atoms with Crippen LogP contribution in [0.4, 0.5) is 0 Å². The summed E-state index contributed by atoms with van der Waals surface area (Å²) in [6, 6.07) is 11.2. The van der Waals surface area contributed by atoms with E-state index in [0.717, 1.165) is 10.0 Å². The molecule has 2 aromatic carbocycles. The zero-order chi connectivity index (χ0) is 16.4. The predicted molar refractivity (Wildman–Crippen MR) is 92.4 cm³/mol. The van der Waals surface area contributed by atoms with E-state index < -0.39 is 0 Å². The lowest BCUT2D eigenvalue weighted by molar-refractivity contribution is 0.355. The van der Waals surface area contributed by atoms with Gasteiger partial charge in [0.25, 0.3) is 5.56 Å². The van der Waals surface area contributed by atoms with Crippen molar-refractivity contribution < 1.29 is 9.47 Å². The van der Waals surface area contributed by atoms with Gasteiger partial charge in [-0.3, -0.25) is 9.36 Å². The molecular formula is C17H15BrN2O3. The van der Waals surface area contributed by atoms with Gasteiger partial charge < -0.3 is 9.47 Å². The molecule has 0 saturated carbocycles. The van der Waals surface area contributed by atoms with Crippen molar-refractivity contribution in [3.8, 4) is 11.5 Å². The fourth-order valence-corrected chi connectivity index (χ4v) is 2.65. The Hall–Kier alpha value is -2.34. The minimum absolute atomic E-state index is 0.112. The van der Waals surface area contributed by atoms with Crippen molar-refractivity contribution in [1.29, 1.82) is 0 Å². The molecule has 0 fully saturated rings. The lowest BCUT2D eigenvalue weighted by Crippen LogP contribution is -2.21. The highest BCUT2D eigenvalue weighted by molar-refractivity contribution is 9.10. The number of nitrogens with zero attached hydrogens (tertiary/aromatic N) is 2. The summed E-state index contributed by atoms with van der Waals surface area (Å²) < 4.78 is 13.1. The molecule has 0 unspecified atom stereocenters. The highest BCUT2D eigenvalue weighted by Gasteiger charge is 2.11. The van der Waals surface area contributed by atoms with Gasteiger partial charge in [0.05, 0.1) is 38.0 Å². The van der Waals surface area contributed by atoms with E-state index in [9.17, 15) is 4.79 Å². The SMILES string of the molecule is COc1cc2ncn(Cc3ccc(Br)cc3)c(=O)c2cc1OC. The van der Waals surface area contributed by atoms with E-state index >= 15 is 0 Å². The summed E-state index contributed by atoms with van der Waals surface area (Å²) in [5.41, 5.74) is 1.50. The second kappa shape index (κ2) is 6.42. The first kappa shape index (κ1) is 15.6. The van der Waals surface area contributed by atoms with Crippen LogP contribution in [0.2, 0.25) is 0 Å². The third-order valence-electron chi connectivity index (χ3n) is 3.60. The Bertz CT molecular complexity index is 904. The molecule has 23 heavy (non-hydrogen) atoms. The molecule has 3 aromatic rings. The summed E-state index contributed by atoms with van der Waals surface area (Å²) in [5.74, 6) is 1.07. The molecule has 0 aliphatic rings. The fourth-order valence-electron chi connectivity index (χ4n) is 2.38. The van der Waals surface area contributed by atoms with E-state index in [1.54, 1.807) is 37.2 Å². The average molecular weight is 375 g/mol. The molecule has 1 heterocycles. The molecule has 5 nitrogen and oxygen atoms in total. The summed E-state index contributed by atoms with van der Waals surface area (Å²) in [5, 5.41) is 0.502. The number of hydrogen-bond acceptors (Lipinski definition) is 4. The van der Waals surface area contributed by atoms with Crippen molar-refractivity contribution in [2.45, 2.75) is 6.54 Å². The van der Waals surface area contributed by atoms with Crippen LogP contribution in [0.15, 0.2) is 52.0 Å². The number of ether oxygens (including phenoxy) is 2. The van der Waals surface area contributed by atoms with E-state index in [1.807, 2.05) is 24.3 Å². The zero-order valence-electron chi connectivity index (χ0n) is 12.7. The third kappa shape index (κ3) is 3.07. The number of hydrogen-bond donors (Lipinski definition) is 0. The molecule has 0 spiro atoms. The molecule has 0 bridgehead atoms. The first-order valence-corrected chi connectivity index (χ1v) is 7.77. The van der Waals surface area contributed by atoms with Crippen LogP contribution in [0.1, 0.15) is 5.56 Å². The second-order valence-corrected chi connectivity index (χ2v) is 5.94. The van der Waals surface area contributed by atoms with Gasteiger partial charge in [-0.2, -0.15) is 0 Å². The van der Waals surface area contributed by atoms with Gasteiger partial charge in [-0.15, -0.1) is 0 Å². The minimum atomic E-state index is -0.112.